The highest BCUT2D eigenvalue weighted by molar-refractivity contribution is 7.99. The van der Waals surface area contributed by atoms with Gasteiger partial charge in [-0.2, -0.15) is 11.8 Å². The van der Waals surface area contributed by atoms with Crippen molar-refractivity contribution in [3.05, 3.63) is 35.4 Å². The van der Waals surface area contributed by atoms with Crippen LogP contribution in [0.25, 0.3) is 0 Å². The molecule has 1 aromatic rings. The second kappa shape index (κ2) is 6.91. The number of aryl methyl sites for hydroxylation is 1. The molecule has 1 nitrogen and oxygen atoms in total. The summed E-state index contributed by atoms with van der Waals surface area (Å²) in [4.78, 5) is 0. The number of benzene rings is 1. The zero-order valence-electron chi connectivity index (χ0n) is 9.57. The van der Waals surface area contributed by atoms with Crippen molar-refractivity contribution in [2.75, 3.05) is 6.61 Å². The van der Waals surface area contributed by atoms with Crippen molar-refractivity contribution in [3.8, 4) is 0 Å². The third-order valence-corrected chi connectivity index (χ3v) is 3.81. The van der Waals surface area contributed by atoms with Crippen LogP contribution in [0.1, 0.15) is 31.4 Å². The molecular formula is C13H20OS. The normalized spacial score (nSPS) is 12.7. The van der Waals surface area contributed by atoms with E-state index >= 15 is 0 Å². The van der Waals surface area contributed by atoms with E-state index in [-0.39, 0.29) is 0 Å². The molecule has 0 aliphatic carbocycles. The van der Waals surface area contributed by atoms with Gasteiger partial charge in [-0.1, -0.05) is 38.1 Å². The second-order valence-corrected chi connectivity index (χ2v) is 5.23. The molecule has 0 radical (unpaired) electrons. The molecule has 0 saturated heterocycles. The van der Waals surface area contributed by atoms with Gasteiger partial charge < -0.3 is 5.11 Å². The second-order valence-electron chi connectivity index (χ2n) is 3.80. The smallest absolute Gasteiger partial charge is 0.0441 e. The average Bonchev–Trinajstić information content (AvgIpc) is 2.27. The number of hydrogen-bond donors (Lipinski definition) is 1. The number of hydrogen-bond acceptors (Lipinski definition) is 2. The molecule has 84 valence electrons. The van der Waals surface area contributed by atoms with Crippen LogP contribution in [0.5, 0.6) is 0 Å². The van der Waals surface area contributed by atoms with Crippen molar-refractivity contribution in [3.63, 3.8) is 0 Å². The maximum absolute atomic E-state index is 8.79. The molecule has 0 bridgehead atoms. The Labute approximate surface area is 96.9 Å². The van der Waals surface area contributed by atoms with Crippen LogP contribution in [0, 0.1) is 0 Å². The molecule has 0 aromatic heterocycles. The molecule has 0 spiro atoms. The molecule has 15 heavy (non-hydrogen) atoms. The molecular weight excluding hydrogens is 204 g/mol. The highest BCUT2D eigenvalue weighted by Crippen LogP contribution is 2.20. The van der Waals surface area contributed by atoms with E-state index in [2.05, 4.69) is 38.1 Å². The topological polar surface area (TPSA) is 20.2 Å². The number of rotatable bonds is 6. The van der Waals surface area contributed by atoms with Crippen molar-refractivity contribution < 1.29 is 5.11 Å². The fourth-order valence-electron chi connectivity index (χ4n) is 1.37. The molecule has 1 aromatic carbocycles. The van der Waals surface area contributed by atoms with Crippen molar-refractivity contribution >= 4 is 11.8 Å². The number of thioether (sulfide) groups is 1. The van der Waals surface area contributed by atoms with Gasteiger partial charge in [0.1, 0.15) is 0 Å². The van der Waals surface area contributed by atoms with Gasteiger partial charge in [-0.05, 0) is 24.0 Å². The zero-order chi connectivity index (χ0) is 11.1. The maximum Gasteiger partial charge on any atom is 0.0441 e. The highest BCUT2D eigenvalue weighted by atomic mass is 32.2. The summed E-state index contributed by atoms with van der Waals surface area (Å²) < 4.78 is 0. The Morgan fingerprint density at radius 1 is 1.20 bits per heavy atom. The molecule has 1 unspecified atom stereocenters. The summed E-state index contributed by atoms with van der Waals surface area (Å²) in [5.41, 5.74) is 2.77. The van der Waals surface area contributed by atoms with E-state index in [9.17, 15) is 0 Å². The summed E-state index contributed by atoms with van der Waals surface area (Å²) in [6.07, 6.45) is 1.99. The molecule has 0 amide bonds. The van der Waals surface area contributed by atoms with Crippen molar-refractivity contribution in [2.45, 2.75) is 37.7 Å². The summed E-state index contributed by atoms with van der Waals surface area (Å²) >= 11 is 1.91. The van der Waals surface area contributed by atoms with Gasteiger partial charge in [0.25, 0.3) is 0 Å². The summed E-state index contributed by atoms with van der Waals surface area (Å²) in [6, 6.07) is 8.81. The van der Waals surface area contributed by atoms with Gasteiger partial charge in [0, 0.05) is 17.6 Å². The lowest BCUT2D eigenvalue weighted by Crippen LogP contribution is -1.99. The standard InChI is InChI=1S/C13H20OS/c1-3-12-4-6-13(7-5-12)10-15-11(2)8-9-14/h4-7,11,14H,3,8-10H2,1-2H3. The Bertz CT molecular complexity index is 268. The van der Waals surface area contributed by atoms with Crippen molar-refractivity contribution in [2.24, 2.45) is 0 Å². The van der Waals surface area contributed by atoms with Gasteiger partial charge in [-0.3, -0.25) is 0 Å². The Hall–Kier alpha value is -0.470. The van der Waals surface area contributed by atoms with Gasteiger partial charge in [0.05, 0.1) is 0 Å². The minimum atomic E-state index is 0.295. The van der Waals surface area contributed by atoms with Crippen LogP contribution < -0.4 is 0 Å². The third-order valence-electron chi connectivity index (χ3n) is 2.50. The quantitative estimate of drug-likeness (QED) is 0.800. The largest absolute Gasteiger partial charge is 0.396 e. The monoisotopic (exact) mass is 224 g/mol. The van der Waals surface area contributed by atoms with E-state index in [4.69, 9.17) is 5.11 Å². The first-order chi connectivity index (χ1) is 7.26. The van der Waals surface area contributed by atoms with E-state index in [1.165, 1.54) is 11.1 Å². The van der Waals surface area contributed by atoms with Gasteiger partial charge in [0.15, 0.2) is 0 Å². The SMILES string of the molecule is CCc1ccc(CSC(C)CCO)cc1. The highest BCUT2D eigenvalue weighted by Gasteiger charge is 2.02. The molecule has 0 heterocycles. The molecule has 0 saturated carbocycles. The number of aliphatic hydroxyl groups is 1. The predicted octanol–water partition coefficient (Wildman–Crippen LogP) is 3.25. The first-order valence-electron chi connectivity index (χ1n) is 5.56. The van der Waals surface area contributed by atoms with Gasteiger partial charge in [0.2, 0.25) is 0 Å². The lowest BCUT2D eigenvalue weighted by atomic mass is 10.1. The Kier molecular flexibility index (Phi) is 5.81. The summed E-state index contributed by atoms with van der Waals surface area (Å²) in [5.74, 6) is 1.05. The predicted molar refractivity (Wildman–Crippen MR) is 68.3 cm³/mol. The lowest BCUT2D eigenvalue weighted by molar-refractivity contribution is 0.289. The molecule has 2 heteroatoms. The fraction of sp³-hybridized carbons (Fsp3) is 0.538. The van der Waals surface area contributed by atoms with Crippen molar-refractivity contribution in [1.82, 2.24) is 0 Å². The van der Waals surface area contributed by atoms with Crippen LogP contribution in [0.4, 0.5) is 0 Å². The fourth-order valence-corrected chi connectivity index (χ4v) is 2.32. The molecule has 0 aliphatic rings. The van der Waals surface area contributed by atoms with Crippen LogP contribution in [0.3, 0.4) is 0 Å². The summed E-state index contributed by atoms with van der Waals surface area (Å²) in [6.45, 7) is 4.64. The van der Waals surface area contributed by atoms with Crippen LogP contribution in [-0.4, -0.2) is 17.0 Å². The van der Waals surface area contributed by atoms with Gasteiger partial charge in [-0.15, -0.1) is 0 Å². The first kappa shape index (κ1) is 12.6. The molecule has 0 aliphatic heterocycles. The van der Waals surface area contributed by atoms with Crippen LogP contribution in [-0.2, 0) is 12.2 Å². The Balaban J connectivity index is 2.37. The minimum absolute atomic E-state index is 0.295. The van der Waals surface area contributed by atoms with Crippen LogP contribution in [0.15, 0.2) is 24.3 Å². The van der Waals surface area contributed by atoms with Crippen LogP contribution >= 0.6 is 11.8 Å². The van der Waals surface area contributed by atoms with E-state index in [0.29, 0.717) is 11.9 Å². The third kappa shape index (κ3) is 4.72. The van der Waals surface area contributed by atoms with E-state index in [1.54, 1.807) is 0 Å². The lowest BCUT2D eigenvalue weighted by Gasteiger charge is -2.09. The molecule has 1 N–H and O–H groups in total. The summed E-state index contributed by atoms with van der Waals surface area (Å²) in [7, 11) is 0. The van der Waals surface area contributed by atoms with Gasteiger partial charge in [-0.25, -0.2) is 0 Å². The Morgan fingerprint density at radius 2 is 1.80 bits per heavy atom. The first-order valence-corrected chi connectivity index (χ1v) is 6.61. The van der Waals surface area contributed by atoms with Gasteiger partial charge >= 0.3 is 0 Å². The molecule has 1 rings (SSSR count). The van der Waals surface area contributed by atoms with E-state index < -0.39 is 0 Å². The summed E-state index contributed by atoms with van der Waals surface area (Å²) in [5, 5.41) is 9.33. The molecule has 1 atom stereocenters. The Morgan fingerprint density at radius 3 is 2.33 bits per heavy atom. The maximum atomic E-state index is 8.79. The van der Waals surface area contributed by atoms with E-state index in [1.807, 2.05) is 11.8 Å². The molecule has 0 fully saturated rings. The zero-order valence-corrected chi connectivity index (χ0v) is 10.4. The number of aliphatic hydroxyl groups excluding tert-OH is 1. The minimum Gasteiger partial charge on any atom is -0.396 e. The van der Waals surface area contributed by atoms with Crippen molar-refractivity contribution in [1.29, 1.82) is 0 Å². The average molecular weight is 224 g/mol. The van der Waals surface area contributed by atoms with E-state index in [0.717, 1.165) is 18.6 Å². The van der Waals surface area contributed by atoms with Crippen LogP contribution in [0.2, 0.25) is 0 Å².